The molecule has 0 spiro atoms. The second-order valence-corrected chi connectivity index (χ2v) is 3.96. The lowest BCUT2D eigenvalue weighted by atomic mass is 10.1. The first kappa shape index (κ1) is 11.9. The molecule has 4 heteroatoms. The maximum Gasteiger partial charge on any atom is 0.182 e. The van der Waals surface area contributed by atoms with Gasteiger partial charge in [0.15, 0.2) is 10.9 Å². The van der Waals surface area contributed by atoms with Crippen molar-refractivity contribution in [3.63, 3.8) is 0 Å². The summed E-state index contributed by atoms with van der Waals surface area (Å²) in [4.78, 5) is 8.14. The van der Waals surface area contributed by atoms with Crippen LogP contribution in [0.4, 0.5) is 0 Å². The van der Waals surface area contributed by atoms with E-state index in [1.807, 2.05) is 12.1 Å². The third-order valence-electron chi connectivity index (χ3n) is 2.57. The maximum atomic E-state index is 5.98. The Morgan fingerprint density at radius 2 is 2.12 bits per heavy atom. The molecule has 0 aliphatic rings. The van der Waals surface area contributed by atoms with Gasteiger partial charge in [0.05, 0.1) is 7.11 Å². The Balaban J connectivity index is 2.55. The minimum atomic E-state index is 0.333. The zero-order valence-electron chi connectivity index (χ0n) is 9.77. The molecule has 0 amide bonds. The molecule has 0 unspecified atom stereocenters. The molecule has 0 atom stereocenters. The average molecular weight is 249 g/mol. The summed E-state index contributed by atoms with van der Waals surface area (Å²) in [5, 5.41) is 0.333. The van der Waals surface area contributed by atoms with Crippen LogP contribution < -0.4 is 4.74 Å². The molecule has 3 nitrogen and oxygen atoms in total. The van der Waals surface area contributed by atoms with E-state index in [4.69, 9.17) is 16.3 Å². The minimum absolute atomic E-state index is 0.333. The molecule has 0 fully saturated rings. The molecular weight excluding hydrogens is 236 g/mol. The summed E-state index contributed by atoms with van der Waals surface area (Å²) in [5.41, 5.74) is 2.97. The highest BCUT2D eigenvalue weighted by atomic mass is 35.5. The molecule has 0 N–H and O–H groups in total. The topological polar surface area (TPSA) is 35.0 Å². The van der Waals surface area contributed by atoms with Gasteiger partial charge in [-0.3, -0.25) is 0 Å². The van der Waals surface area contributed by atoms with E-state index in [2.05, 4.69) is 29.0 Å². The normalized spacial score (nSPS) is 10.3. The van der Waals surface area contributed by atoms with Gasteiger partial charge in [0, 0.05) is 5.56 Å². The van der Waals surface area contributed by atoms with Gasteiger partial charge in [-0.1, -0.05) is 36.7 Å². The lowest BCUT2D eigenvalue weighted by molar-refractivity contribution is 0.413. The van der Waals surface area contributed by atoms with Crippen molar-refractivity contribution in [3.8, 4) is 17.0 Å². The predicted octanol–water partition coefficient (Wildman–Crippen LogP) is 3.37. The molecule has 0 bridgehead atoms. The van der Waals surface area contributed by atoms with Gasteiger partial charge in [0.2, 0.25) is 0 Å². The van der Waals surface area contributed by atoms with Crippen molar-refractivity contribution in [2.75, 3.05) is 7.11 Å². The monoisotopic (exact) mass is 248 g/mol. The van der Waals surface area contributed by atoms with Crippen LogP contribution in [0, 0.1) is 0 Å². The Bertz CT molecular complexity index is 529. The van der Waals surface area contributed by atoms with Gasteiger partial charge >= 0.3 is 0 Å². The van der Waals surface area contributed by atoms with Gasteiger partial charge in [0.1, 0.15) is 12.0 Å². The molecule has 1 heterocycles. The van der Waals surface area contributed by atoms with E-state index in [1.165, 1.54) is 11.9 Å². The van der Waals surface area contributed by atoms with E-state index in [-0.39, 0.29) is 0 Å². The van der Waals surface area contributed by atoms with Crippen LogP contribution >= 0.6 is 11.6 Å². The van der Waals surface area contributed by atoms with E-state index in [1.54, 1.807) is 7.11 Å². The van der Waals surface area contributed by atoms with E-state index >= 15 is 0 Å². The first-order chi connectivity index (χ1) is 8.26. The summed E-state index contributed by atoms with van der Waals surface area (Å²) in [5.74, 6) is 0.516. The van der Waals surface area contributed by atoms with Crippen LogP contribution in [0.25, 0.3) is 11.3 Å². The van der Waals surface area contributed by atoms with Crippen molar-refractivity contribution < 1.29 is 4.74 Å². The second-order valence-electron chi connectivity index (χ2n) is 3.60. The van der Waals surface area contributed by atoms with Gasteiger partial charge in [-0.25, -0.2) is 9.97 Å². The fourth-order valence-corrected chi connectivity index (χ4v) is 1.89. The van der Waals surface area contributed by atoms with Gasteiger partial charge in [-0.05, 0) is 18.1 Å². The molecule has 0 saturated carbocycles. The highest BCUT2D eigenvalue weighted by Gasteiger charge is 2.12. The summed E-state index contributed by atoms with van der Waals surface area (Å²) in [7, 11) is 1.57. The van der Waals surface area contributed by atoms with E-state index in [0.717, 1.165) is 17.7 Å². The lowest BCUT2D eigenvalue weighted by Crippen LogP contribution is -1.94. The van der Waals surface area contributed by atoms with Crippen LogP contribution in [0.1, 0.15) is 12.5 Å². The summed E-state index contributed by atoms with van der Waals surface area (Å²) in [6.45, 7) is 2.11. The minimum Gasteiger partial charge on any atom is -0.491 e. The van der Waals surface area contributed by atoms with Crippen LogP contribution in [0.15, 0.2) is 30.6 Å². The van der Waals surface area contributed by atoms with Crippen molar-refractivity contribution in [1.82, 2.24) is 9.97 Å². The molecule has 0 aliphatic heterocycles. The molecule has 1 aromatic heterocycles. The van der Waals surface area contributed by atoms with E-state index in [0.29, 0.717) is 10.9 Å². The first-order valence-corrected chi connectivity index (χ1v) is 5.77. The van der Waals surface area contributed by atoms with Crippen molar-refractivity contribution in [1.29, 1.82) is 0 Å². The average Bonchev–Trinajstić information content (AvgIpc) is 2.38. The number of aryl methyl sites for hydroxylation is 1. The molecule has 0 radical (unpaired) electrons. The SMILES string of the molecule is CCc1cccc(-c2ncnc(Cl)c2OC)c1. The fourth-order valence-electron chi connectivity index (χ4n) is 1.68. The number of nitrogens with zero attached hydrogens (tertiary/aromatic N) is 2. The third-order valence-corrected chi connectivity index (χ3v) is 2.84. The zero-order valence-corrected chi connectivity index (χ0v) is 10.5. The standard InChI is InChI=1S/C13H13ClN2O/c1-3-9-5-4-6-10(7-9)11-12(17-2)13(14)16-8-15-11/h4-8H,3H2,1-2H3. The molecule has 17 heavy (non-hydrogen) atoms. The van der Waals surface area contributed by atoms with Gasteiger partial charge < -0.3 is 4.74 Å². The lowest BCUT2D eigenvalue weighted by Gasteiger charge is -2.09. The quantitative estimate of drug-likeness (QED) is 0.782. The largest absolute Gasteiger partial charge is 0.491 e. The number of rotatable bonds is 3. The Kier molecular flexibility index (Phi) is 3.59. The van der Waals surface area contributed by atoms with Gasteiger partial charge in [0.25, 0.3) is 0 Å². The number of ether oxygens (including phenoxy) is 1. The zero-order chi connectivity index (χ0) is 12.3. The highest BCUT2D eigenvalue weighted by molar-refractivity contribution is 6.31. The summed E-state index contributed by atoms with van der Waals surface area (Å²) in [6, 6.07) is 8.16. The summed E-state index contributed by atoms with van der Waals surface area (Å²) < 4.78 is 5.25. The highest BCUT2D eigenvalue weighted by Crippen LogP contribution is 2.32. The number of halogens is 1. The molecule has 88 valence electrons. The number of hydrogen-bond donors (Lipinski definition) is 0. The van der Waals surface area contributed by atoms with Crippen LogP contribution in [0.5, 0.6) is 5.75 Å². The fraction of sp³-hybridized carbons (Fsp3) is 0.231. The number of benzene rings is 1. The third kappa shape index (κ3) is 2.39. The Morgan fingerprint density at radius 3 is 2.82 bits per heavy atom. The van der Waals surface area contributed by atoms with Crippen molar-refractivity contribution in [2.45, 2.75) is 13.3 Å². The Labute approximate surface area is 105 Å². The van der Waals surface area contributed by atoms with Crippen LogP contribution in [-0.2, 0) is 6.42 Å². The predicted molar refractivity (Wildman–Crippen MR) is 68.4 cm³/mol. The molecule has 0 aliphatic carbocycles. The summed E-state index contributed by atoms with van der Waals surface area (Å²) in [6.07, 6.45) is 2.42. The van der Waals surface area contributed by atoms with Crippen molar-refractivity contribution in [2.24, 2.45) is 0 Å². The van der Waals surface area contributed by atoms with Crippen molar-refractivity contribution in [3.05, 3.63) is 41.3 Å². The van der Waals surface area contributed by atoms with Crippen LogP contribution in [0.2, 0.25) is 5.15 Å². The molecule has 2 rings (SSSR count). The van der Waals surface area contributed by atoms with E-state index in [9.17, 15) is 0 Å². The molecular formula is C13H13ClN2O. The smallest absolute Gasteiger partial charge is 0.182 e. The number of aromatic nitrogens is 2. The van der Waals surface area contributed by atoms with Gasteiger partial charge in [-0.2, -0.15) is 0 Å². The van der Waals surface area contributed by atoms with Crippen LogP contribution in [-0.4, -0.2) is 17.1 Å². The molecule has 1 aromatic carbocycles. The molecule has 2 aromatic rings. The number of methoxy groups -OCH3 is 1. The van der Waals surface area contributed by atoms with E-state index < -0.39 is 0 Å². The summed E-state index contributed by atoms with van der Waals surface area (Å²) >= 11 is 5.98. The second kappa shape index (κ2) is 5.15. The van der Waals surface area contributed by atoms with Crippen molar-refractivity contribution >= 4 is 11.6 Å². The Morgan fingerprint density at radius 1 is 1.29 bits per heavy atom. The van der Waals surface area contributed by atoms with Gasteiger partial charge in [-0.15, -0.1) is 0 Å². The van der Waals surface area contributed by atoms with Crippen LogP contribution in [0.3, 0.4) is 0 Å². The number of hydrogen-bond acceptors (Lipinski definition) is 3. The maximum absolute atomic E-state index is 5.98. The Hall–Kier alpha value is -1.61. The molecule has 0 saturated heterocycles. The first-order valence-electron chi connectivity index (χ1n) is 5.40.